The summed E-state index contributed by atoms with van der Waals surface area (Å²) in [7, 11) is 0. The molecule has 12 aliphatic carbocycles. The number of amides is 6. The van der Waals surface area contributed by atoms with Gasteiger partial charge in [0.2, 0.25) is 35.4 Å². The molecule has 0 aromatic carbocycles. The Morgan fingerprint density at radius 1 is 0.362 bits per heavy atom. The van der Waals surface area contributed by atoms with Gasteiger partial charge >= 0.3 is 0 Å². The topological polar surface area (TPSA) is 348 Å². The van der Waals surface area contributed by atoms with Gasteiger partial charge in [-0.1, -0.05) is 62.3 Å². The van der Waals surface area contributed by atoms with Gasteiger partial charge in [-0.2, -0.15) is 0 Å². The standard InChI is InChI=1S/C84H140N6O15/c1-46(55-15-18-58-76-61(40-67(97)82(55,58)7)79(4)27-24-52(91)34-49(79)37-64(76)94)12-21-70(100)87-43-73(103)85-30-10-32-90(75(105)45-89-72(102)23-14-48(3)57-17-20-60-78-63(42-69(99)84(57,60)9)81(6)29-26-54(93)36-51(81)39-66(78)96)33-11-31-86-74(104)44-88-71(101)22-13-47(2)56-16-19-59-77-62(41-68(98)83(56,59)8)80(5)28-25-53(92)35-50(80)38-65(77)95/h46-69,76-78,91-99H,10-45H2,1-9H3,(H,85,103)(H,86,104)(H,87,100)(H,88,101)(H,89,102)/t46-,47-,48-,49+,50+,51+,52-,53-,54-,55-,56-,57-,58-,59+,60-,61+,62+,63+,64-,65-,66-,67+,68+,69+,76+,77+,78+,79+,80+,81+,82-,83-,84-/m1/s1. The van der Waals surface area contributed by atoms with Crippen LogP contribution in [0.3, 0.4) is 0 Å². The first-order chi connectivity index (χ1) is 49.7. The average molecular weight is 1470 g/mol. The molecule has 596 valence electrons. The number of aliphatic hydroxyl groups excluding tert-OH is 9. The second-order valence-electron chi connectivity index (χ2n) is 39.2. The number of nitrogens with one attached hydrogen (secondary N) is 5. The lowest BCUT2D eigenvalue weighted by atomic mass is 9.43. The minimum Gasteiger partial charge on any atom is -0.393 e. The molecular formula is C84H140N6O15. The number of rotatable bonds is 26. The maximum atomic E-state index is 14.1. The molecule has 14 N–H and O–H groups in total. The lowest BCUT2D eigenvalue weighted by Gasteiger charge is -2.63. The Labute approximate surface area is 627 Å². The fourth-order valence-electron chi connectivity index (χ4n) is 28.5. The molecule has 12 fully saturated rings. The molecular weight excluding hydrogens is 1330 g/mol. The van der Waals surface area contributed by atoms with Crippen LogP contribution in [0.15, 0.2) is 0 Å². The highest BCUT2D eigenvalue weighted by Gasteiger charge is 2.69. The van der Waals surface area contributed by atoms with Crippen LogP contribution in [0, 0.1) is 139 Å². The molecule has 12 rings (SSSR count). The van der Waals surface area contributed by atoms with E-state index in [2.05, 4.69) is 88.9 Å². The number of hydrogen-bond acceptors (Lipinski definition) is 15. The molecule has 0 spiro atoms. The van der Waals surface area contributed by atoms with Gasteiger partial charge in [0.15, 0.2) is 0 Å². The lowest BCUT2D eigenvalue weighted by molar-refractivity contribution is -0.207. The van der Waals surface area contributed by atoms with Crippen LogP contribution in [0.2, 0.25) is 0 Å². The van der Waals surface area contributed by atoms with Gasteiger partial charge in [0.25, 0.3) is 0 Å². The molecule has 0 aromatic rings. The summed E-state index contributed by atoms with van der Waals surface area (Å²) in [6, 6.07) is 0. The summed E-state index contributed by atoms with van der Waals surface area (Å²) in [5.41, 5.74) is -1.25. The first-order valence-electron chi connectivity index (χ1n) is 42.4. The van der Waals surface area contributed by atoms with E-state index in [0.717, 1.165) is 77.0 Å². The van der Waals surface area contributed by atoms with Crippen LogP contribution in [0.25, 0.3) is 0 Å². The Bertz CT molecular complexity index is 2940. The molecule has 0 aromatic heterocycles. The zero-order valence-electron chi connectivity index (χ0n) is 65.5. The molecule has 0 heterocycles. The van der Waals surface area contributed by atoms with Crippen molar-refractivity contribution in [1.82, 2.24) is 31.5 Å². The molecule has 21 heteroatoms. The summed E-state index contributed by atoms with van der Waals surface area (Å²) in [4.78, 5) is 82.5. The van der Waals surface area contributed by atoms with Crippen molar-refractivity contribution < 1.29 is 74.7 Å². The Morgan fingerprint density at radius 3 is 0.962 bits per heavy atom. The molecule has 0 unspecified atom stereocenters. The molecule has 6 amide bonds. The second kappa shape index (κ2) is 32.3. The largest absolute Gasteiger partial charge is 0.393 e. The van der Waals surface area contributed by atoms with Gasteiger partial charge in [-0.15, -0.1) is 0 Å². The SMILES string of the molecule is C[C@H](CCC(=O)NCC(=O)NCCCN(CCCNC(=O)CNC(=O)CC[C@@H](C)[C@H]1CC[C@H]2[C@@H]3[C@H](O)C[C@@H]4C[C@H](O)CC[C@]4(C)[C@H]3C[C@H](O)[C@]12C)C(=O)CNC(=O)CC[C@@H](C)[C@H]1CC[C@@H]2[C@@H]3[C@H](O)C[C@@H]4C[C@H](O)CC[C@]4(C)[C@H]3C[C@H](O)[C@@]21C)[C@H]1CC[C@@H]2[C@@H]3[C@H](O)C[C@@H]4C[C@H](O)CC[C@]4(C)[C@H]3C[C@H](O)[C@@]21C. The third-order valence-electron chi connectivity index (χ3n) is 34.6. The van der Waals surface area contributed by atoms with Gasteiger partial charge in [-0.3, -0.25) is 28.8 Å². The Hall–Kier alpha value is -3.54. The Morgan fingerprint density at radius 2 is 0.657 bits per heavy atom. The van der Waals surface area contributed by atoms with Crippen LogP contribution in [-0.2, 0) is 28.8 Å². The van der Waals surface area contributed by atoms with E-state index >= 15 is 0 Å². The highest BCUT2D eigenvalue weighted by molar-refractivity contribution is 5.86. The van der Waals surface area contributed by atoms with Gasteiger partial charge in [0.1, 0.15) is 0 Å². The van der Waals surface area contributed by atoms with Crippen LogP contribution in [-0.4, -0.2) is 187 Å². The summed E-state index contributed by atoms with van der Waals surface area (Å²) in [6.07, 6.45) is 15.8. The minimum absolute atomic E-state index is 0.0148. The van der Waals surface area contributed by atoms with Gasteiger partial charge in [0.05, 0.1) is 74.6 Å². The molecule has 12 saturated carbocycles. The van der Waals surface area contributed by atoms with Crippen molar-refractivity contribution >= 4 is 35.4 Å². The third-order valence-corrected chi connectivity index (χ3v) is 34.6. The van der Waals surface area contributed by atoms with Crippen molar-refractivity contribution in [3.8, 4) is 0 Å². The zero-order valence-corrected chi connectivity index (χ0v) is 65.5. The number of aliphatic hydroxyl groups is 9. The van der Waals surface area contributed by atoms with Gasteiger partial charge in [-0.05, 0) is 306 Å². The van der Waals surface area contributed by atoms with Crippen LogP contribution in [0.4, 0.5) is 0 Å². The Balaban J connectivity index is 0.589. The fraction of sp³-hybridized carbons (Fsp3) is 0.929. The van der Waals surface area contributed by atoms with Crippen molar-refractivity contribution in [2.45, 2.75) is 303 Å². The zero-order chi connectivity index (χ0) is 75.6. The second-order valence-corrected chi connectivity index (χ2v) is 39.2. The van der Waals surface area contributed by atoms with Crippen molar-refractivity contribution in [1.29, 1.82) is 0 Å². The monoisotopic (exact) mass is 1470 g/mol. The van der Waals surface area contributed by atoms with E-state index in [1.54, 1.807) is 4.90 Å². The molecule has 33 atom stereocenters. The number of carbonyl (C=O) groups excluding carboxylic acids is 6. The minimum atomic E-state index is -0.545. The number of hydrogen-bond donors (Lipinski definition) is 14. The van der Waals surface area contributed by atoms with E-state index in [4.69, 9.17) is 0 Å². The van der Waals surface area contributed by atoms with E-state index in [0.29, 0.717) is 89.9 Å². The van der Waals surface area contributed by atoms with Crippen molar-refractivity contribution in [3.63, 3.8) is 0 Å². The maximum Gasteiger partial charge on any atom is 0.241 e. The molecule has 12 aliphatic rings. The van der Waals surface area contributed by atoms with E-state index in [-0.39, 0.29) is 252 Å². The molecule has 105 heavy (non-hydrogen) atoms. The summed E-state index contributed by atoms with van der Waals surface area (Å²) in [6.45, 7) is 20.3. The first kappa shape index (κ1) is 81.0. The summed E-state index contributed by atoms with van der Waals surface area (Å²) in [5.74, 6) is 1.13. The summed E-state index contributed by atoms with van der Waals surface area (Å²) in [5, 5.41) is 118. The van der Waals surface area contributed by atoms with E-state index in [1.807, 2.05) is 0 Å². The Kier molecular flexibility index (Phi) is 24.9. The summed E-state index contributed by atoms with van der Waals surface area (Å²) < 4.78 is 0. The first-order valence-corrected chi connectivity index (χ1v) is 42.4. The number of nitrogens with zero attached hydrogens (tertiary/aromatic N) is 1. The highest BCUT2D eigenvalue weighted by Crippen LogP contribution is 2.72. The number of fused-ring (bicyclic) bond motifs is 15. The molecule has 0 radical (unpaired) electrons. The van der Waals surface area contributed by atoms with Crippen LogP contribution >= 0.6 is 0 Å². The fourth-order valence-corrected chi connectivity index (χ4v) is 28.5. The van der Waals surface area contributed by atoms with Crippen molar-refractivity contribution in [3.05, 3.63) is 0 Å². The van der Waals surface area contributed by atoms with E-state index < -0.39 is 42.0 Å². The van der Waals surface area contributed by atoms with Crippen LogP contribution < -0.4 is 26.6 Å². The molecule has 21 nitrogen and oxygen atoms in total. The van der Waals surface area contributed by atoms with Crippen molar-refractivity contribution in [2.24, 2.45) is 139 Å². The van der Waals surface area contributed by atoms with Gasteiger partial charge in [-0.25, -0.2) is 0 Å². The average Bonchev–Trinajstić information content (AvgIpc) is 1.69. The van der Waals surface area contributed by atoms with E-state index in [1.165, 1.54) is 0 Å². The predicted octanol–water partition coefficient (Wildman–Crippen LogP) is 7.31. The number of carbonyl (C=O) groups is 6. The maximum absolute atomic E-state index is 14.1. The van der Waals surface area contributed by atoms with Crippen LogP contribution in [0.5, 0.6) is 0 Å². The molecule has 0 aliphatic heterocycles. The summed E-state index contributed by atoms with van der Waals surface area (Å²) >= 11 is 0. The van der Waals surface area contributed by atoms with Crippen LogP contribution in [0.1, 0.15) is 249 Å². The molecule has 0 bridgehead atoms. The quantitative estimate of drug-likeness (QED) is 0.0378. The highest BCUT2D eigenvalue weighted by atomic mass is 16.3. The lowest BCUT2D eigenvalue weighted by Crippen LogP contribution is -2.62. The third kappa shape index (κ3) is 15.4. The van der Waals surface area contributed by atoms with Gasteiger partial charge in [0, 0.05) is 45.4 Å². The predicted molar refractivity (Wildman–Crippen MR) is 398 cm³/mol. The normalized spacial score (nSPS) is 45.9. The van der Waals surface area contributed by atoms with E-state index in [9.17, 15) is 74.7 Å². The van der Waals surface area contributed by atoms with Crippen molar-refractivity contribution in [2.75, 3.05) is 45.8 Å². The molecule has 0 saturated heterocycles. The smallest absolute Gasteiger partial charge is 0.241 e. The van der Waals surface area contributed by atoms with Gasteiger partial charge < -0.3 is 77.4 Å².